The van der Waals surface area contributed by atoms with Crippen LogP contribution in [-0.2, 0) is 0 Å². The number of carbonyl (C=O) groups is 1. The summed E-state index contributed by atoms with van der Waals surface area (Å²) in [5, 5.41) is 9.87. The lowest BCUT2D eigenvalue weighted by molar-refractivity contribution is 0.0974. The summed E-state index contributed by atoms with van der Waals surface area (Å²) in [7, 11) is 0. The minimum Gasteiger partial charge on any atom is -0.506 e. The van der Waals surface area contributed by atoms with Gasteiger partial charge in [0.25, 0.3) is 0 Å². The van der Waals surface area contributed by atoms with Gasteiger partial charge in [0.05, 0.1) is 8.95 Å². The molecule has 0 amide bonds. The molecule has 0 aliphatic carbocycles. The number of nitrogens with zero attached hydrogens (tertiary/aromatic N) is 1. The van der Waals surface area contributed by atoms with Crippen molar-refractivity contribution in [3.8, 4) is 5.75 Å². The highest BCUT2D eigenvalue weighted by Crippen LogP contribution is 2.30. The quantitative estimate of drug-likeness (QED) is 0.418. The first kappa shape index (κ1) is 16.9. The zero-order valence-corrected chi connectivity index (χ0v) is 16.6. The molecule has 110 valence electrons. The summed E-state index contributed by atoms with van der Waals surface area (Å²) >= 11 is 13.0. The van der Waals surface area contributed by atoms with Gasteiger partial charge in [-0.05, 0) is 59.9 Å². The van der Waals surface area contributed by atoms with E-state index in [2.05, 4.69) is 68.7 Å². The smallest absolute Gasteiger partial charge is 0.219 e. The van der Waals surface area contributed by atoms with Crippen LogP contribution in [0.1, 0.15) is 16.1 Å². The normalized spacial score (nSPS) is 11.2. The Kier molecular flexibility index (Phi) is 5.81. The number of aromatic hydroxyl groups is 1. The van der Waals surface area contributed by atoms with Crippen molar-refractivity contribution in [3.05, 3.63) is 47.6 Å². The third kappa shape index (κ3) is 4.28. The van der Waals surface area contributed by atoms with Crippen LogP contribution in [0.15, 0.2) is 45.7 Å². The second kappa shape index (κ2) is 7.21. The number of Topliss-reactive ketones (excluding diaryl/α,β-unsaturated/α-hetero) is 1. The fraction of sp³-hybridized carbons (Fsp3) is 0.0769. The fourth-order valence-electron chi connectivity index (χ4n) is 1.47. The number of hydrogen-bond donors (Lipinski definition) is 1. The predicted molar refractivity (Wildman–Crippen MR) is 94.4 cm³/mol. The number of halogens is 4. The zero-order chi connectivity index (χ0) is 15.6. The topological polar surface area (TPSA) is 62.8 Å². The third-order valence-electron chi connectivity index (χ3n) is 2.44. The van der Waals surface area contributed by atoms with E-state index in [9.17, 15) is 9.90 Å². The van der Waals surface area contributed by atoms with E-state index < -0.39 is 0 Å². The highest BCUT2D eigenvalue weighted by Gasteiger charge is 2.13. The third-order valence-corrected chi connectivity index (χ3v) is 5.22. The lowest BCUT2D eigenvalue weighted by Crippen LogP contribution is -2.02. The minimum atomic E-state index is -0.258. The number of rotatable bonds is 4. The number of phenolic OH excluding ortho intramolecular Hbond substituents is 1. The van der Waals surface area contributed by atoms with Gasteiger partial charge in [0, 0.05) is 22.3 Å². The maximum Gasteiger partial charge on any atom is 0.219 e. The molecule has 0 saturated heterocycles. The number of furan rings is 1. The molecule has 0 atom stereocenters. The zero-order valence-electron chi connectivity index (χ0n) is 10.2. The van der Waals surface area contributed by atoms with Gasteiger partial charge in [-0.1, -0.05) is 15.9 Å². The molecule has 1 aromatic carbocycles. The molecule has 0 radical (unpaired) electrons. The van der Waals surface area contributed by atoms with Crippen LogP contribution in [0.2, 0.25) is 0 Å². The van der Waals surface area contributed by atoms with Crippen LogP contribution in [-0.4, -0.2) is 23.6 Å². The summed E-state index contributed by atoms with van der Waals surface area (Å²) in [5.74, 6) is 0.0228. The molecule has 8 heteroatoms. The highest BCUT2D eigenvalue weighted by molar-refractivity contribution is 9.13. The Balaban J connectivity index is 2.11. The van der Waals surface area contributed by atoms with Crippen molar-refractivity contribution in [1.82, 2.24) is 0 Å². The molecular formula is C13H7Br4NO3. The first-order valence-electron chi connectivity index (χ1n) is 5.54. The predicted octanol–water partition coefficient (Wildman–Crippen LogP) is 5.34. The molecular weight excluding hydrogens is 538 g/mol. The average molecular weight is 545 g/mol. The Morgan fingerprint density at radius 1 is 1.19 bits per heavy atom. The van der Waals surface area contributed by atoms with Crippen LogP contribution in [0, 0.1) is 0 Å². The second-order valence-corrected chi connectivity index (χ2v) is 7.30. The number of ketones is 1. The minimum absolute atomic E-state index is 0.0675. The summed E-state index contributed by atoms with van der Waals surface area (Å²) in [5.41, 5.74) is 0.505. The lowest BCUT2D eigenvalue weighted by atomic mass is 10.2. The Labute approximate surface area is 154 Å². The van der Waals surface area contributed by atoms with E-state index in [0.29, 0.717) is 19.2 Å². The summed E-state index contributed by atoms with van der Waals surface area (Å²) in [4.78, 5) is 15.9. The summed E-state index contributed by atoms with van der Waals surface area (Å²) in [6, 6.07) is 5.00. The van der Waals surface area contributed by atoms with E-state index >= 15 is 0 Å². The molecule has 2 rings (SSSR count). The molecule has 21 heavy (non-hydrogen) atoms. The molecule has 0 saturated carbocycles. The summed E-state index contributed by atoms with van der Waals surface area (Å²) < 4.78 is 7.69. The van der Waals surface area contributed by atoms with Crippen LogP contribution < -0.4 is 0 Å². The van der Waals surface area contributed by atoms with Crippen molar-refractivity contribution in [2.24, 2.45) is 4.99 Å². The van der Waals surface area contributed by atoms with Gasteiger partial charge in [-0.25, -0.2) is 0 Å². The molecule has 2 aromatic rings. The standard InChI is InChI=1S/C13H7Br4NO3/c14-7-1-6(12(20)8(15)2-7)4-18-5-10(19)11-3-9(16)13(17)21-11/h1-4,20H,5H2. The van der Waals surface area contributed by atoms with Gasteiger partial charge in [0.2, 0.25) is 5.78 Å². The van der Waals surface area contributed by atoms with Gasteiger partial charge in [-0.3, -0.25) is 9.79 Å². The number of benzene rings is 1. The van der Waals surface area contributed by atoms with E-state index in [1.807, 2.05) is 0 Å². The van der Waals surface area contributed by atoms with Gasteiger partial charge >= 0.3 is 0 Å². The second-order valence-electron chi connectivity index (χ2n) is 3.95. The van der Waals surface area contributed by atoms with E-state index in [0.717, 1.165) is 4.47 Å². The van der Waals surface area contributed by atoms with Gasteiger partial charge in [0.15, 0.2) is 10.4 Å². The number of aliphatic imine (C=N–C) groups is 1. The van der Waals surface area contributed by atoms with Gasteiger partial charge in [-0.2, -0.15) is 0 Å². The molecule has 0 aliphatic heterocycles. The SMILES string of the molecule is O=C(CN=Cc1cc(Br)cc(Br)c1O)c1cc(Br)c(Br)o1. The molecule has 0 fully saturated rings. The van der Waals surface area contributed by atoms with Gasteiger partial charge in [-0.15, -0.1) is 0 Å². The highest BCUT2D eigenvalue weighted by atomic mass is 79.9. The summed E-state index contributed by atoms with van der Waals surface area (Å²) in [6.07, 6.45) is 1.44. The van der Waals surface area contributed by atoms with Crippen molar-refractivity contribution in [3.63, 3.8) is 0 Å². The molecule has 0 aliphatic rings. The van der Waals surface area contributed by atoms with Crippen molar-refractivity contribution in [1.29, 1.82) is 0 Å². The Morgan fingerprint density at radius 3 is 2.52 bits per heavy atom. The first-order chi connectivity index (χ1) is 9.88. The van der Waals surface area contributed by atoms with Gasteiger partial charge < -0.3 is 9.52 Å². The summed E-state index contributed by atoms with van der Waals surface area (Å²) in [6.45, 7) is -0.0734. The first-order valence-corrected chi connectivity index (χ1v) is 8.71. The Bertz CT molecular complexity index is 705. The number of carbonyl (C=O) groups excluding carboxylic acids is 1. The molecule has 0 bridgehead atoms. The van der Waals surface area contributed by atoms with Crippen LogP contribution in [0.25, 0.3) is 0 Å². The largest absolute Gasteiger partial charge is 0.506 e. The monoisotopic (exact) mass is 541 g/mol. The Morgan fingerprint density at radius 2 is 1.90 bits per heavy atom. The van der Waals surface area contributed by atoms with Gasteiger partial charge in [0.1, 0.15) is 12.3 Å². The van der Waals surface area contributed by atoms with Crippen molar-refractivity contribution >= 4 is 75.7 Å². The maximum atomic E-state index is 11.9. The molecule has 1 N–H and O–H groups in total. The number of phenols is 1. The number of hydrogen-bond acceptors (Lipinski definition) is 4. The van der Waals surface area contributed by atoms with Crippen molar-refractivity contribution in [2.75, 3.05) is 6.54 Å². The van der Waals surface area contributed by atoms with E-state index in [1.54, 1.807) is 18.2 Å². The van der Waals surface area contributed by atoms with Crippen LogP contribution in [0.3, 0.4) is 0 Å². The van der Waals surface area contributed by atoms with Crippen molar-refractivity contribution in [2.45, 2.75) is 0 Å². The molecule has 0 spiro atoms. The lowest BCUT2D eigenvalue weighted by Gasteiger charge is -2.02. The van der Waals surface area contributed by atoms with Crippen LogP contribution in [0.4, 0.5) is 0 Å². The van der Waals surface area contributed by atoms with Crippen LogP contribution in [0.5, 0.6) is 5.75 Å². The molecule has 1 heterocycles. The average Bonchev–Trinajstić information content (AvgIpc) is 2.75. The fourth-order valence-corrected chi connectivity index (χ4v) is 3.31. The van der Waals surface area contributed by atoms with Crippen molar-refractivity contribution < 1.29 is 14.3 Å². The van der Waals surface area contributed by atoms with E-state index in [4.69, 9.17) is 4.42 Å². The van der Waals surface area contributed by atoms with E-state index in [1.165, 1.54) is 6.21 Å². The maximum absolute atomic E-state index is 11.9. The molecule has 1 aromatic heterocycles. The van der Waals surface area contributed by atoms with Crippen LogP contribution >= 0.6 is 63.7 Å². The molecule has 0 unspecified atom stereocenters. The Hall–Kier alpha value is -0.440. The molecule has 4 nitrogen and oxygen atoms in total. The van der Waals surface area contributed by atoms with E-state index in [-0.39, 0.29) is 23.8 Å².